The zero-order chi connectivity index (χ0) is 17.4. The Kier molecular flexibility index (Phi) is 4.82. The van der Waals surface area contributed by atoms with Gasteiger partial charge in [-0.15, -0.1) is 0 Å². The Labute approximate surface area is 161 Å². The predicted molar refractivity (Wildman–Crippen MR) is 102 cm³/mol. The van der Waals surface area contributed by atoms with Crippen LogP contribution in [0.5, 0.6) is 0 Å². The maximum absolute atomic E-state index is 13.0. The summed E-state index contributed by atoms with van der Waals surface area (Å²) in [7, 11) is 0. The summed E-state index contributed by atoms with van der Waals surface area (Å²) in [5.41, 5.74) is 0.704. The Hall–Kier alpha value is -1.41. The lowest BCUT2D eigenvalue weighted by Gasteiger charge is -2.22. The van der Waals surface area contributed by atoms with Crippen LogP contribution in [0.4, 0.5) is 5.13 Å². The van der Waals surface area contributed by atoms with Crippen LogP contribution < -0.4 is 4.90 Å². The predicted octanol–water partition coefficient (Wildman–Crippen LogP) is 5.13. The third kappa shape index (κ3) is 3.46. The van der Waals surface area contributed by atoms with Gasteiger partial charge in [-0.2, -0.15) is 0 Å². The van der Waals surface area contributed by atoms with Crippen molar-refractivity contribution in [3.05, 3.63) is 45.8 Å². The molecule has 0 spiro atoms. The Bertz CT molecular complexity index is 920. The molecule has 1 atom stereocenters. The van der Waals surface area contributed by atoms with Gasteiger partial charge in [0.2, 0.25) is 0 Å². The number of rotatable bonds is 4. The number of para-hydroxylation sites is 1. The Morgan fingerprint density at radius 1 is 1.40 bits per heavy atom. The molecule has 1 aliphatic heterocycles. The van der Waals surface area contributed by atoms with Gasteiger partial charge < -0.3 is 9.15 Å². The highest BCUT2D eigenvalue weighted by molar-refractivity contribution is 9.10. The van der Waals surface area contributed by atoms with E-state index in [1.165, 1.54) is 11.3 Å². The molecular weight excluding hydrogens is 428 g/mol. The fraction of sp³-hybridized carbons (Fsp3) is 0.294. The number of hydrogen-bond acceptors (Lipinski definition) is 5. The molecule has 8 heteroatoms. The number of halogens is 2. The molecule has 4 rings (SSSR count). The van der Waals surface area contributed by atoms with Crippen molar-refractivity contribution in [2.45, 2.75) is 18.9 Å². The van der Waals surface area contributed by atoms with Crippen LogP contribution in [0.15, 0.2) is 39.4 Å². The SMILES string of the molecule is O=C(c1ccc(Br)o1)N(C[C@H]1CCCO1)c1nc2c(Cl)cccc2s1. The van der Waals surface area contributed by atoms with Crippen LogP contribution in [0, 0.1) is 0 Å². The minimum Gasteiger partial charge on any atom is -0.444 e. The summed E-state index contributed by atoms with van der Waals surface area (Å²) in [6, 6.07) is 8.97. The van der Waals surface area contributed by atoms with E-state index in [-0.39, 0.29) is 17.8 Å². The third-order valence-corrected chi connectivity index (χ3v) is 5.80. The number of nitrogens with zero attached hydrogens (tertiary/aromatic N) is 2. The van der Waals surface area contributed by atoms with Crippen molar-refractivity contribution >= 4 is 60.1 Å². The number of thiazole rings is 1. The van der Waals surface area contributed by atoms with Gasteiger partial charge in [0.25, 0.3) is 5.91 Å². The molecule has 0 unspecified atom stereocenters. The first-order valence-electron chi connectivity index (χ1n) is 7.85. The van der Waals surface area contributed by atoms with Gasteiger partial charge >= 0.3 is 0 Å². The van der Waals surface area contributed by atoms with Crippen LogP contribution in [0.25, 0.3) is 10.2 Å². The summed E-state index contributed by atoms with van der Waals surface area (Å²) >= 11 is 10.9. The Balaban J connectivity index is 1.72. The lowest BCUT2D eigenvalue weighted by atomic mass is 10.2. The number of carbonyl (C=O) groups excluding carboxylic acids is 1. The monoisotopic (exact) mass is 440 g/mol. The summed E-state index contributed by atoms with van der Waals surface area (Å²) in [6.07, 6.45) is 1.94. The van der Waals surface area contributed by atoms with Crippen LogP contribution in [0.2, 0.25) is 5.02 Å². The normalized spacial score (nSPS) is 17.3. The molecular formula is C17H14BrClN2O3S. The molecule has 1 aromatic carbocycles. The largest absolute Gasteiger partial charge is 0.444 e. The second kappa shape index (κ2) is 7.07. The number of hydrogen-bond donors (Lipinski definition) is 0. The van der Waals surface area contributed by atoms with E-state index >= 15 is 0 Å². The Morgan fingerprint density at radius 3 is 2.96 bits per heavy atom. The number of furan rings is 1. The van der Waals surface area contributed by atoms with E-state index in [9.17, 15) is 4.79 Å². The van der Waals surface area contributed by atoms with Gasteiger partial charge in [-0.1, -0.05) is 29.0 Å². The van der Waals surface area contributed by atoms with E-state index in [1.54, 1.807) is 23.1 Å². The van der Waals surface area contributed by atoms with Gasteiger partial charge in [0.05, 0.1) is 22.4 Å². The first kappa shape index (κ1) is 17.0. The van der Waals surface area contributed by atoms with E-state index in [0.717, 1.165) is 24.1 Å². The lowest BCUT2D eigenvalue weighted by Crippen LogP contribution is -2.37. The zero-order valence-electron chi connectivity index (χ0n) is 13.1. The molecule has 1 aliphatic rings. The number of ether oxygens (including phenoxy) is 1. The van der Waals surface area contributed by atoms with E-state index < -0.39 is 0 Å². The first-order chi connectivity index (χ1) is 12.1. The molecule has 1 fully saturated rings. The molecule has 0 radical (unpaired) electrons. The average Bonchev–Trinajstić information content (AvgIpc) is 3.32. The van der Waals surface area contributed by atoms with Gasteiger partial charge in [-0.25, -0.2) is 4.98 Å². The summed E-state index contributed by atoms with van der Waals surface area (Å²) in [5, 5.41) is 1.17. The highest BCUT2D eigenvalue weighted by Gasteiger charge is 2.28. The fourth-order valence-electron chi connectivity index (χ4n) is 2.82. The van der Waals surface area contributed by atoms with E-state index in [2.05, 4.69) is 20.9 Å². The molecule has 25 heavy (non-hydrogen) atoms. The molecule has 0 N–H and O–H groups in total. The highest BCUT2D eigenvalue weighted by Crippen LogP contribution is 2.34. The van der Waals surface area contributed by atoms with Crippen molar-refractivity contribution in [2.24, 2.45) is 0 Å². The molecule has 5 nitrogen and oxygen atoms in total. The molecule has 3 heterocycles. The average molecular weight is 442 g/mol. The maximum Gasteiger partial charge on any atom is 0.295 e. The molecule has 0 bridgehead atoms. The minimum absolute atomic E-state index is 0.00448. The van der Waals surface area contributed by atoms with E-state index in [0.29, 0.717) is 26.9 Å². The molecule has 2 aromatic heterocycles. The number of fused-ring (bicyclic) bond motifs is 1. The number of anilines is 1. The molecule has 3 aromatic rings. The van der Waals surface area contributed by atoms with Crippen LogP contribution in [0.3, 0.4) is 0 Å². The van der Waals surface area contributed by atoms with Crippen molar-refractivity contribution in [3.8, 4) is 0 Å². The van der Waals surface area contributed by atoms with E-state index in [1.807, 2.05) is 12.1 Å². The van der Waals surface area contributed by atoms with Crippen LogP contribution >= 0.6 is 38.9 Å². The number of amides is 1. The number of carbonyl (C=O) groups is 1. The second-order valence-corrected chi connectivity index (χ2v) is 7.94. The van der Waals surface area contributed by atoms with Gasteiger partial charge in [-0.05, 0) is 53.0 Å². The van der Waals surface area contributed by atoms with Crippen LogP contribution in [-0.2, 0) is 4.74 Å². The summed E-state index contributed by atoms with van der Waals surface area (Å²) < 4.78 is 12.6. The van der Waals surface area contributed by atoms with Gasteiger partial charge in [0.1, 0.15) is 5.52 Å². The topological polar surface area (TPSA) is 55.6 Å². The van der Waals surface area contributed by atoms with Crippen molar-refractivity contribution in [1.82, 2.24) is 4.98 Å². The van der Waals surface area contributed by atoms with Crippen LogP contribution in [-0.4, -0.2) is 30.1 Å². The highest BCUT2D eigenvalue weighted by atomic mass is 79.9. The van der Waals surface area contributed by atoms with E-state index in [4.69, 9.17) is 20.8 Å². The molecule has 0 aliphatic carbocycles. The Morgan fingerprint density at radius 2 is 2.28 bits per heavy atom. The van der Waals surface area contributed by atoms with Gasteiger partial charge in [0, 0.05) is 6.61 Å². The number of aromatic nitrogens is 1. The van der Waals surface area contributed by atoms with Gasteiger partial charge in [-0.3, -0.25) is 9.69 Å². The standard InChI is InChI=1S/C17H14BrClN2O3S/c18-14-7-6-12(24-14)16(22)21(9-10-3-2-8-23-10)17-20-15-11(19)4-1-5-13(15)25-17/h1,4-7,10H,2-3,8-9H2/t10-/m1/s1. The van der Waals surface area contributed by atoms with Crippen molar-refractivity contribution in [1.29, 1.82) is 0 Å². The minimum atomic E-state index is -0.239. The van der Waals surface area contributed by atoms with Crippen molar-refractivity contribution in [3.63, 3.8) is 0 Å². The zero-order valence-corrected chi connectivity index (χ0v) is 16.2. The lowest BCUT2D eigenvalue weighted by molar-refractivity contribution is 0.0894. The van der Waals surface area contributed by atoms with Crippen molar-refractivity contribution < 1.29 is 13.9 Å². The fourth-order valence-corrected chi connectivity index (χ4v) is 4.40. The third-order valence-electron chi connectivity index (χ3n) is 4.03. The second-order valence-electron chi connectivity index (χ2n) is 5.74. The van der Waals surface area contributed by atoms with Gasteiger partial charge in [0.15, 0.2) is 15.6 Å². The molecule has 130 valence electrons. The summed E-state index contributed by atoms with van der Waals surface area (Å²) in [5.74, 6) is 0.0200. The summed E-state index contributed by atoms with van der Waals surface area (Å²) in [4.78, 5) is 19.2. The smallest absolute Gasteiger partial charge is 0.295 e. The maximum atomic E-state index is 13.0. The first-order valence-corrected chi connectivity index (χ1v) is 9.84. The quantitative estimate of drug-likeness (QED) is 0.563. The molecule has 0 saturated carbocycles. The molecule has 1 amide bonds. The number of benzene rings is 1. The van der Waals surface area contributed by atoms with Crippen LogP contribution in [0.1, 0.15) is 23.4 Å². The molecule has 1 saturated heterocycles. The summed E-state index contributed by atoms with van der Waals surface area (Å²) in [6.45, 7) is 1.17. The van der Waals surface area contributed by atoms with Crippen molar-refractivity contribution in [2.75, 3.05) is 18.1 Å².